The van der Waals surface area contributed by atoms with Gasteiger partial charge in [-0.05, 0) is 55.4 Å². The van der Waals surface area contributed by atoms with Crippen LogP contribution in [-0.2, 0) is 26.2 Å². The maximum absolute atomic E-state index is 13.9. The number of hydrogen-bond donors (Lipinski definition) is 1. The first kappa shape index (κ1) is 30.3. The van der Waals surface area contributed by atoms with E-state index in [1.54, 1.807) is 6.07 Å². The number of hydrogen-bond acceptors (Lipinski definition) is 4. The molecule has 0 aliphatic rings. The van der Waals surface area contributed by atoms with Crippen LogP contribution < -0.4 is 9.62 Å². The molecule has 0 bridgehead atoms. The largest absolute Gasteiger partial charge is 0.354 e. The van der Waals surface area contributed by atoms with Crippen molar-refractivity contribution >= 4 is 27.7 Å². The quantitative estimate of drug-likeness (QED) is 0.429. The average molecular weight is 531 g/mol. The van der Waals surface area contributed by atoms with Crippen molar-refractivity contribution in [2.24, 2.45) is 5.92 Å². The summed E-state index contributed by atoms with van der Waals surface area (Å²) in [6.07, 6.45) is 0.957. The Morgan fingerprint density at radius 1 is 1.00 bits per heavy atom. The molecule has 0 saturated carbocycles. The third-order valence-electron chi connectivity index (χ3n) is 6.21. The number of amides is 2. The molecule has 8 nitrogen and oxygen atoms in total. The van der Waals surface area contributed by atoms with E-state index in [1.807, 2.05) is 77.1 Å². The fourth-order valence-corrected chi connectivity index (χ4v) is 5.12. The molecule has 2 amide bonds. The number of benzene rings is 2. The molecule has 1 atom stereocenters. The van der Waals surface area contributed by atoms with Crippen LogP contribution >= 0.6 is 0 Å². The van der Waals surface area contributed by atoms with Crippen molar-refractivity contribution in [2.75, 3.05) is 38.0 Å². The molecule has 0 aliphatic carbocycles. The Kier molecular flexibility index (Phi) is 11.1. The summed E-state index contributed by atoms with van der Waals surface area (Å²) in [5.74, 6) is -0.389. The summed E-state index contributed by atoms with van der Waals surface area (Å²) in [6, 6.07) is 14.5. The Bertz CT molecular complexity index is 1150. The third-order valence-corrected chi connectivity index (χ3v) is 8.01. The zero-order valence-corrected chi connectivity index (χ0v) is 24.0. The van der Waals surface area contributed by atoms with E-state index in [9.17, 15) is 18.0 Å². The molecule has 37 heavy (non-hydrogen) atoms. The van der Waals surface area contributed by atoms with Crippen LogP contribution in [0.1, 0.15) is 43.9 Å². The van der Waals surface area contributed by atoms with Crippen LogP contribution in [-0.4, -0.2) is 69.2 Å². The first-order chi connectivity index (χ1) is 17.4. The number of carbonyl (C=O) groups is 2. The molecule has 1 N–H and O–H groups in total. The maximum Gasteiger partial charge on any atom is 0.304 e. The molecule has 0 heterocycles. The molecule has 1 unspecified atom stereocenters. The van der Waals surface area contributed by atoms with Gasteiger partial charge in [-0.2, -0.15) is 12.7 Å². The van der Waals surface area contributed by atoms with Gasteiger partial charge in [0.2, 0.25) is 11.8 Å². The average Bonchev–Trinajstić information content (AvgIpc) is 2.85. The van der Waals surface area contributed by atoms with Crippen molar-refractivity contribution in [1.82, 2.24) is 14.5 Å². The number of nitrogens with zero attached hydrogens (tertiary/aromatic N) is 3. The van der Waals surface area contributed by atoms with Gasteiger partial charge in [-0.1, -0.05) is 63.2 Å². The molecular formula is C28H42N4O4S. The zero-order chi connectivity index (χ0) is 27.8. The first-order valence-corrected chi connectivity index (χ1v) is 14.2. The van der Waals surface area contributed by atoms with Crippen molar-refractivity contribution in [3.05, 3.63) is 65.2 Å². The topological polar surface area (TPSA) is 90.0 Å². The highest BCUT2D eigenvalue weighted by molar-refractivity contribution is 7.90. The van der Waals surface area contributed by atoms with E-state index in [1.165, 1.54) is 19.0 Å². The number of anilines is 1. The summed E-state index contributed by atoms with van der Waals surface area (Å²) < 4.78 is 29.0. The lowest BCUT2D eigenvalue weighted by molar-refractivity contribution is -0.139. The van der Waals surface area contributed by atoms with E-state index in [0.717, 1.165) is 25.3 Å². The van der Waals surface area contributed by atoms with Gasteiger partial charge in [-0.3, -0.25) is 9.59 Å². The molecule has 0 saturated heterocycles. The van der Waals surface area contributed by atoms with Crippen molar-refractivity contribution in [2.45, 2.75) is 53.5 Å². The molecule has 2 aromatic carbocycles. The highest BCUT2D eigenvalue weighted by atomic mass is 32.2. The lowest BCUT2D eigenvalue weighted by atomic mass is 10.1. The van der Waals surface area contributed by atoms with Crippen molar-refractivity contribution in [3.63, 3.8) is 0 Å². The van der Waals surface area contributed by atoms with Crippen LogP contribution in [0.3, 0.4) is 0 Å². The van der Waals surface area contributed by atoms with Gasteiger partial charge in [0, 0.05) is 27.2 Å². The monoisotopic (exact) mass is 530 g/mol. The number of nitrogens with one attached hydrogen (secondary N) is 1. The van der Waals surface area contributed by atoms with Gasteiger partial charge in [0.05, 0.1) is 5.69 Å². The third kappa shape index (κ3) is 8.30. The van der Waals surface area contributed by atoms with Gasteiger partial charge in [0.1, 0.15) is 12.6 Å². The van der Waals surface area contributed by atoms with E-state index >= 15 is 0 Å². The van der Waals surface area contributed by atoms with Gasteiger partial charge in [0.15, 0.2) is 0 Å². The van der Waals surface area contributed by atoms with Gasteiger partial charge < -0.3 is 10.2 Å². The van der Waals surface area contributed by atoms with Crippen LogP contribution in [0.5, 0.6) is 0 Å². The lowest BCUT2D eigenvalue weighted by Crippen LogP contribution is -2.54. The summed E-state index contributed by atoms with van der Waals surface area (Å²) in [4.78, 5) is 28.6. The van der Waals surface area contributed by atoms with E-state index in [0.29, 0.717) is 31.6 Å². The second-order valence-corrected chi connectivity index (χ2v) is 12.0. The molecule has 2 aromatic rings. The van der Waals surface area contributed by atoms with Crippen molar-refractivity contribution < 1.29 is 18.0 Å². The van der Waals surface area contributed by atoms with Crippen LogP contribution in [0.2, 0.25) is 0 Å². The predicted octanol–water partition coefficient (Wildman–Crippen LogP) is 3.54. The summed E-state index contributed by atoms with van der Waals surface area (Å²) >= 11 is 0. The summed E-state index contributed by atoms with van der Waals surface area (Å²) in [5.41, 5.74) is 3.10. The predicted molar refractivity (Wildman–Crippen MR) is 150 cm³/mol. The van der Waals surface area contributed by atoms with Crippen molar-refractivity contribution in [3.8, 4) is 0 Å². The molecule has 0 fully saturated rings. The molecule has 204 valence electrons. The Hall–Kier alpha value is -2.91. The Balaban J connectivity index is 2.46. The summed E-state index contributed by atoms with van der Waals surface area (Å²) in [6.45, 7) is 9.96. The van der Waals surface area contributed by atoms with Gasteiger partial charge in [-0.25, -0.2) is 4.31 Å². The Morgan fingerprint density at radius 3 is 2.22 bits per heavy atom. The Morgan fingerprint density at radius 2 is 1.65 bits per heavy atom. The van der Waals surface area contributed by atoms with E-state index < -0.39 is 28.7 Å². The van der Waals surface area contributed by atoms with Gasteiger partial charge >= 0.3 is 10.2 Å². The molecule has 0 aliphatic heterocycles. The first-order valence-electron chi connectivity index (χ1n) is 12.8. The van der Waals surface area contributed by atoms with E-state index in [4.69, 9.17) is 0 Å². The van der Waals surface area contributed by atoms with Crippen LogP contribution in [0.4, 0.5) is 5.69 Å². The number of carbonyl (C=O) groups excluding carboxylic acids is 2. The minimum atomic E-state index is -3.98. The maximum atomic E-state index is 13.9. The smallest absolute Gasteiger partial charge is 0.304 e. The standard InChI is InChI=1S/C28H42N4O4S/c1-8-25(28(34)29-19-21(2)3)31(17-16-24-12-10-9-11-13-24)27(33)20-32(37(35,36)30(6)7)26-18-22(4)14-15-23(26)5/h9-15,18,21,25H,8,16-17,19-20H2,1-7H3,(H,29,34). The molecule has 2 rings (SSSR count). The van der Waals surface area contributed by atoms with Crippen molar-refractivity contribution in [1.29, 1.82) is 0 Å². The second kappa shape index (κ2) is 13.6. The molecule has 9 heteroatoms. The minimum absolute atomic E-state index is 0.230. The van der Waals surface area contributed by atoms with Crippen LogP contribution in [0.25, 0.3) is 0 Å². The highest BCUT2D eigenvalue weighted by Gasteiger charge is 2.34. The SMILES string of the molecule is CCC(C(=O)NCC(C)C)N(CCc1ccccc1)C(=O)CN(c1cc(C)ccc1C)S(=O)(=O)N(C)C. The second-order valence-electron chi connectivity index (χ2n) is 9.97. The van der Waals surface area contributed by atoms with E-state index in [-0.39, 0.29) is 11.8 Å². The Labute approximate surface area is 222 Å². The number of aryl methyl sites for hydroxylation is 2. The molecule has 0 radical (unpaired) electrons. The molecule has 0 aromatic heterocycles. The van der Waals surface area contributed by atoms with Crippen LogP contribution in [0.15, 0.2) is 48.5 Å². The fraction of sp³-hybridized carbons (Fsp3) is 0.500. The molecule has 0 spiro atoms. The van der Waals surface area contributed by atoms with E-state index in [2.05, 4.69) is 5.32 Å². The van der Waals surface area contributed by atoms with Gasteiger partial charge in [-0.15, -0.1) is 0 Å². The number of rotatable bonds is 13. The van der Waals surface area contributed by atoms with Gasteiger partial charge in [0.25, 0.3) is 0 Å². The lowest BCUT2D eigenvalue weighted by Gasteiger charge is -2.34. The fourth-order valence-electron chi connectivity index (χ4n) is 4.01. The molecular weight excluding hydrogens is 488 g/mol. The minimum Gasteiger partial charge on any atom is -0.354 e. The van der Waals surface area contributed by atoms with Crippen LogP contribution in [0, 0.1) is 19.8 Å². The summed E-state index contributed by atoms with van der Waals surface area (Å²) in [5, 5.41) is 2.94. The normalized spacial score (nSPS) is 12.5. The summed E-state index contributed by atoms with van der Waals surface area (Å²) in [7, 11) is -1.09. The highest BCUT2D eigenvalue weighted by Crippen LogP contribution is 2.26. The zero-order valence-electron chi connectivity index (χ0n) is 23.2.